The molecule has 0 atom stereocenters. The molecule has 0 bridgehead atoms. The molecule has 3 aromatic heterocycles. The first-order valence-electron chi connectivity index (χ1n) is 8.77. The van der Waals surface area contributed by atoms with Crippen molar-refractivity contribution in [2.75, 3.05) is 0 Å². The van der Waals surface area contributed by atoms with Crippen molar-refractivity contribution in [2.24, 2.45) is 0 Å². The van der Waals surface area contributed by atoms with Crippen molar-refractivity contribution in [1.29, 1.82) is 0 Å². The molecule has 10 nitrogen and oxygen atoms in total. The predicted octanol–water partition coefficient (Wildman–Crippen LogP) is 1.43. The topological polar surface area (TPSA) is 130 Å². The van der Waals surface area contributed by atoms with Gasteiger partial charge in [-0.3, -0.25) is 30.5 Å². The van der Waals surface area contributed by atoms with E-state index in [1.54, 1.807) is 17.8 Å². The quantitative estimate of drug-likeness (QED) is 0.411. The van der Waals surface area contributed by atoms with Gasteiger partial charge in [-0.15, -0.1) is 5.10 Å². The van der Waals surface area contributed by atoms with Crippen LogP contribution in [0.3, 0.4) is 0 Å². The lowest BCUT2D eigenvalue weighted by atomic mass is 10.1. The highest BCUT2D eigenvalue weighted by Crippen LogP contribution is 2.25. The fourth-order valence-electron chi connectivity index (χ4n) is 2.80. The SMILES string of the molecule is O=C(NNC(=O)C(F)F)c1cnc(Cn2cc(-c3cccc4[nH]ncc34)nn2)c(F)c1. The summed E-state index contributed by atoms with van der Waals surface area (Å²) in [6.45, 7) is -0.0653. The molecule has 3 heterocycles. The van der Waals surface area contributed by atoms with Gasteiger partial charge in [0.25, 0.3) is 5.91 Å². The molecule has 3 N–H and O–H groups in total. The second kappa shape index (κ2) is 8.22. The van der Waals surface area contributed by atoms with Gasteiger partial charge in [0.15, 0.2) is 0 Å². The van der Waals surface area contributed by atoms with Crippen LogP contribution < -0.4 is 10.9 Å². The zero-order valence-corrected chi connectivity index (χ0v) is 15.5. The number of carbonyl (C=O) groups is 2. The minimum Gasteiger partial charge on any atom is -0.278 e. The monoisotopic (exact) mass is 430 g/mol. The minimum atomic E-state index is -3.30. The second-order valence-corrected chi connectivity index (χ2v) is 6.33. The molecule has 158 valence electrons. The molecule has 0 saturated carbocycles. The summed E-state index contributed by atoms with van der Waals surface area (Å²) in [5.74, 6) is -3.50. The van der Waals surface area contributed by atoms with Crippen molar-refractivity contribution in [3.63, 3.8) is 0 Å². The van der Waals surface area contributed by atoms with E-state index in [0.29, 0.717) is 5.69 Å². The van der Waals surface area contributed by atoms with E-state index < -0.39 is 24.1 Å². The van der Waals surface area contributed by atoms with Crippen LogP contribution in [-0.2, 0) is 11.3 Å². The molecule has 0 radical (unpaired) electrons. The zero-order chi connectivity index (χ0) is 22.0. The summed E-state index contributed by atoms with van der Waals surface area (Å²) in [6.07, 6.45) is 1.03. The minimum absolute atomic E-state index is 0.0221. The second-order valence-electron chi connectivity index (χ2n) is 6.33. The average molecular weight is 430 g/mol. The van der Waals surface area contributed by atoms with E-state index in [1.165, 1.54) is 10.1 Å². The number of carbonyl (C=O) groups excluding carboxylic acids is 2. The average Bonchev–Trinajstić information content (AvgIpc) is 3.42. The van der Waals surface area contributed by atoms with Crippen LogP contribution in [0.5, 0.6) is 0 Å². The molecule has 13 heteroatoms. The Labute approximate surface area is 171 Å². The number of aromatic nitrogens is 6. The van der Waals surface area contributed by atoms with Gasteiger partial charge in [-0.2, -0.15) is 13.9 Å². The highest BCUT2D eigenvalue weighted by Gasteiger charge is 2.17. The molecule has 0 saturated heterocycles. The smallest absolute Gasteiger partial charge is 0.278 e. The third-order valence-electron chi connectivity index (χ3n) is 4.29. The highest BCUT2D eigenvalue weighted by atomic mass is 19.3. The van der Waals surface area contributed by atoms with E-state index in [9.17, 15) is 22.8 Å². The first-order valence-corrected chi connectivity index (χ1v) is 8.77. The van der Waals surface area contributed by atoms with Crippen LogP contribution in [0.25, 0.3) is 22.2 Å². The van der Waals surface area contributed by atoms with Gasteiger partial charge in [-0.25, -0.2) is 9.07 Å². The molecule has 31 heavy (non-hydrogen) atoms. The molecular weight excluding hydrogens is 417 g/mol. The summed E-state index contributed by atoms with van der Waals surface area (Å²) in [5.41, 5.74) is 5.16. The molecule has 0 aliphatic heterocycles. The van der Waals surface area contributed by atoms with Crippen LogP contribution in [0.2, 0.25) is 0 Å². The Kier molecular flexibility index (Phi) is 5.30. The normalized spacial score (nSPS) is 11.1. The van der Waals surface area contributed by atoms with Crippen molar-refractivity contribution in [1.82, 2.24) is 41.0 Å². The van der Waals surface area contributed by atoms with Crippen molar-refractivity contribution in [2.45, 2.75) is 13.0 Å². The molecule has 0 aliphatic rings. The Morgan fingerprint density at radius 1 is 1.19 bits per heavy atom. The first kappa shape index (κ1) is 20.0. The van der Waals surface area contributed by atoms with Gasteiger partial charge < -0.3 is 0 Å². The van der Waals surface area contributed by atoms with Crippen molar-refractivity contribution in [3.05, 3.63) is 59.9 Å². The molecule has 0 spiro atoms. The number of nitrogens with zero attached hydrogens (tertiary/aromatic N) is 5. The van der Waals surface area contributed by atoms with Gasteiger partial charge >= 0.3 is 12.3 Å². The lowest BCUT2D eigenvalue weighted by molar-refractivity contribution is -0.132. The van der Waals surface area contributed by atoms with Crippen LogP contribution in [0, 0.1) is 5.82 Å². The summed E-state index contributed by atoms with van der Waals surface area (Å²) in [7, 11) is 0. The fourth-order valence-corrected chi connectivity index (χ4v) is 2.80. The predicted molar refractivity (Wildman–Crippen MR) is 100 cm³/mol. The van der Waals surface area contributed by atoms with Gasteiger partial charge in [0.05, 0.1) is 35.7 Å². The Bertz CT molecular complexity index is 1270. The highest BCUT2D eigenvalue weighted by molar-refractivity contribution is 5.95. The van der Waals surface area contributed by atoms with E-state index in [2.05, 4.69) is 25.5 Å². The molecule has 4 rings (SSSR count). The third-order valence-corrected chi connectivity index (χ3v) is 4.29. The maximum absolute atomic E-state index is 14.4. The number of nitrogens with one attached hydrogen (secondary N) is 3. The molecule has 0 fully saturated rings. The van der Waals surface area contributed by atoms with Gasteiger partial charge in [0.2, 0.25) is 0 Å². The van der Waals surface area contributed by atoms with Gasteiger partial charge in [-0.05, 0) is 12.1 Å². The van der Waals surface area contributed by atoms with Crippen molar-refractivity contribution >= 4 is 22.7 Å². The zero-order valence-electron chi connectivity index (χ0n) is 15.5. The number of halogens is 3. The number of amides is 2. The maximum atomic E-state index is 14.4. The van der Waals surface area contributed by atoms with Gasteiger partial charge in [0, 0.05) is 17.1 Å². The first-order chi connectivity index (χ1) is 14.9. The summed E-state index contributed by atoms with van der Waals surface area (Å²) in [5, 5.41) is 15.8. The van der Waals surface area contributed by atoms with Crippen LogP contribution in [0.1, 0.15) is 16.1 Å². The standard InChI is InChI=1S/C18H13F3N8O2/c19-12-4-9(17(30)26-27-18(31)16(20)21)5-22-15(12)8-29-7-14(25-28-29)10-2-1-3-13-11(10)6-23-24-13/h1-7,16H,8H2,(H,23,24)(H,26,30)(H,27,31). The maximum Gasteiger partial charge on any atom is 0.317 e. The number of H-pyrrole nitrogens is 1. The number of hydrogen-bond acceptors (Lipinski definition) is 6. The van der Waals surface area contributed by atoms with Gasteiger partial charge in [0.1, 0.15) is 11.5 Å². The van der Waals surface area contributed by atoms with E-state index in [0.717, 1.165) is 28.7 Å². The van der Waals surface area contributed by atoms with Crippen LogP contribution >= 0.6 is 0 Å². The van der Waals surface area contributed by atoms with Gasteiger partial charge in [-0.1, -0.05) is 17.3 Å². The van der Waals surface area contributed by atoms with E-state index in [1.807, 2.05) is 18.2 Å². The van der Waals surface area contributed by atoms with Crippen LogP contribution in [-0.4, -0.2) is 48.4 Å². The number of aromatic amines is 1. The Balaban J connectivity index is 1.47. The summed E-state index contributed by atoms with van der Waals surface area (Å²) < 4.78 is 40.0. The lowest BCUT2D eigenvalue weighted by Gasteiger charge is -2.08. The number of benzene rings is 1. The van der Waals surface area contributed by atoms with Crippen LogP contribution in [0.15, 0.2) is 42.9 Å². The fraction of sp³-hybridized carbons (Fsp3) is 0.111. The molecule has 2 amide bonds. The summed E-state index contributed by atoms with van der Waals surface area (Å²) in [6, 6.07) is 6.43. The number of rotatable bonds is 5. The third kappa shape index (κ3) is 4.19. The number of alkyl halides is 2. The Hall–Kier alpha value is -4.29. The largest absolute Gasteiger partial charge is 0.317 e. The van der Waals surface area contributed by atoms with E-state index in [-0.39, 0.29) is 17.8 Å². The van der Waals surface area contributed by atoms with E-state index >= 15 is 0 Å². The van der Waals surface area contributed by atoms with Crippen LogP contribution in [0.4, 0.5) is 13.2 Å². The van der Waals surface area contributed by atoms with Crippen molar-refractivity contribution < 1.29 is 22.8 Å². The Morgan fingerprint density at radius 3 is 2.81 bits per heavy atom. The summed E-state index contributed by atoms with van der Waals surface area (Å²) >= 11 is 0. The Morgan fingerprint density at radius 2 is 2.03 bits per heavy atom. The lowest BCUT2D eigenvalue weighted by Crippen LogP contribution is -2.44. The molecular formula is C18H13F3N8O2. The molecule has 1 aromatic carbocycles. The molecule has 0 unspecified atom stereocenters. The number of pyridine rings is 1. The van der Waals surface area contributed by atoms with E-state index in [4.69, 9.17) is 0 Å². The number of hydrogen-bond donors (Lipinski definition) is 3. The van der Waals surface area contributed by atoms with Crippen molar-refractivity contribution in [3.8, 4) is 11.3 Å². The molecule has 0 aliphatic carbocycles. The number of hydrazine groups is 1. The molecule has 4 aromatic rings. The number of fused-ring (bicyclic) bond motifs is 1. The summed E-state index contributed by atoms with van der Waals surface area (Å²) in [4.78, 5) is 26.5.